The van der Waals surface area contributed by atoms with Gasteiger partial charge in [0, 0.05) is 42.8 Å². The van der Waals surface area contributed by atoms with E-state index >= 15 is 0 Å². The van der Waals surface area contributed by atoms with Crippen LogP contribution < -0.4 is 5.32 Å². The summed E-state index contributed by atoms with van der Waals surface area (Å²) < 4.78 is 1.92. The smallest absolute Gasteiger partial charge is 0.225 e. The average molecular weight is 445 g/mol. The number of likely N-dealkylation sites (tertiary alicyclic amines) is 1. The predicted molar refractivity (Wildman–Crippen MR) is 125 cm³/mol. The van der Waals surface area contributed by atoms with Crippen molar-refractivity contribution in [2.75, 3.05) is 18.4 Å². The van der Waals surface area contributed by atoms with Crippen molar-refractivity contribution >= 4 is 22.8 Å². The zero-order valence-electron chi connectivity index (χ0n) is 18.5. The molecule has 0 unspecified atom stereocenters. The molecule has 2 fully saturated rings. The van der Waals surface area contributed by atoms with Gasteiger partial charge in [-0.3, -0.25) is 9.36 Å². The molecular weight excluding hydrogens is 416 g/mol. The van der Waals surface area contributed by atoms with Crippen LogP contribution in [0.4, 0.5) is 5.95 Å². The Labute approximate surface area is 192 Å². The fourth-order valence-corrected chi connectivity index (χ4v) is 5.02. The van der Waals surface area contributed by atoms with Gasteiger partial charge in [0.1, 0.15) is 11.9 Å². The molecule has 2 aromatic heterocycles. The average Bonchev–Trinajstić information content (AvgIpc) is 3.24. The fourth-order valence-electron chi connectivity index (χ4n) is 5.02. The third kappa shape index (κ3) is 4.41. The fraction of sp³-hybridized carbons (Fsp3) is 0.440. The minimum absolute atomic E-state index is 0.0705. The van der Waals surface area contributed by atoms with Crippen molar-refractivity contribution in [2.45, 2.75) is 50.7 Å². The van der Waals surface area contributed by atoms with E-state index in [0.717, 1.165) is 36.6 Å². The van der Waals surface area contributed by atoms with E-state index < -0.39 is 0 Å². The highest BCUT2D eigenvalue weighted by atomic mass is 16.3. The molecule has 0 radical (unpaired) electrons. The number of hydrogen-bond donors (Lipinski definition) is 2. The summed E-state index contributed by atoms with van der Waals surface area (Å²) in [7, 11) is 0. The Morgan fingerprint density at radius 1 is 1.09 bits per heavy atom. The lowest BCUT2D eigenvalue weighted by molar-refractivity contribution is -0.138. The maximum atomic E-state index is 12.8. The number of piperidine rings is 1. The maximum Gasteiger partial charge on any atom is 0.225 e. The number of nitrogens with zero attached hydrogens (tertiary/aromatic N) is 5. The lowest BCUT2D eigenvalue weighted by Crippen LogP contribution is -2.44. The Morgan fingerprint density at radius 3 is 2.61 bits per heavy atom. The Hall–Kier alpha value is -3.44. The molecule has 3 aromatic rings. The summed E-state index contributed by atoms with van der Waals surface area (Å²) in [5.41, 5.74) is 1.55. The van der Waals surface area contributed by atoms with Crippen LogP contribution in [0.1, 0.15) is 44.1 Å². The minimum atomic E-state index is -0.263. The van der Waals surface area contributed by atoms with E-state index in [0.29, 0.717) is 43.3 Å². The lowest BCUT2D eigenvalue weighted by atomic mass is 9.85. The first-order valence-corrected chi connectivity index (χ1v) is 11.7. The molecule has 1 amide bonds. The summed E-state index contributed by atoms with van der Waals surface area (Å²) in [6.07, 6.45) is 8.13. The lowest BCUT2D eigenvalue weighted by Gasteiger charge is -2.35. The van der Waals surface area contributed by atoms with E-state index in [4.69, 9.17) is 4.98 Å². The molecule has 1 aromatic carbocycles. The Kier molecular flexibility index (Phi) is 5.97. The van der Waals surface area contributed by atoms with E-state index in [-0.39, 0.29) is 24.0 Å². The second kappa shape index (κ2) is 9.20. The molecule has 170 valence electrons. The largest absolute Gasteiger partial charge is 0.393 e. The molecule has 8 nitrogen and oxygen atoms in total. The van der Waals surface area contributed by atoms with Gasteiger partial charge in [0.2, 0.25) is 11.9 Å². The number of hydrogen-bond acceptors (Lipinski definition) is 6. The van der Waals surface area contributed by atoms with Gasteiger partial charge in [-0.1, -0.05) is 18.2 Å². The molecule has 33 heavy (non-hydrogen) atoms. The normalized spacial score (nSPS) is 21.6. The molecule has 0 bridgehead atoms. The molecule has 1 saturated heterocycles. The van der Waals surface area contributed by atoms with Crippen LogP contribution >= 0.6 is 0 Å². The summed E-state index contributed by atoms with van der Waals surface area (Å²) in [5, 5.41) is 23.5. The highest BCUT2D eigenvalue weighted by Gasteiger charge is 2.31. The van der Waals surface area contributed by atoms with Crippen molar-refractivity contribution in [3.05, 3.63) is 48.3 Å². The first-order valence-electron chi connectivity index (χ1n) is 11.7. The summed E-state index contributed by atoms with van der Waals surface area (Å²) in [6, 6.07) is 12.1. The molecule has 3 heterocycles. The molecule has 1 aliphatic carbocycles. The van der Waals surface area contributed by atoms with Gasteiger partial charge in [0.05, 0.1) is 17.2 Å². The van der Waals surface area contributed by atoms with Gasteiger partial charge in [-0.05, 0) is 50.7 Å². The summed E-state index contributed by atoms with van der Waals surface area (Å²) in [4.78, 5) is 23.9. The Bertz CT molecular complexity index is 1180. The van der Waals surface area contributed by atoms with Crippen LogP contribution in [0.25, 0.3) is 16.7 Å². The van der Waals surface area contributed by atoms with E-state index in [9.17, 15) is 15.2 Å². The highest BCUT2D eigenvalue weighted by Crippen LogP contribution is 2.29. The molecule has 8 heteroatoms. The SMILES string of the molecule is N#Cc1cn(-c2ccnc(NC3CCC(C(=O)N4CCC(O)CC4)CC3)n2)c2ccccc12. The quantitative estimate of drug-likeness (QED) is 0.640. The van der Waals surface area contributed by atoms with Crippen molar-refractivity contribution in [1.29, 1.82) is 5.26 Å². The van der Waals surface area contributed by atoms with Gasteiger partial charge >= 0.3 is 0 Å². The predicted octanol–water partition coefficient (Wildman–Crippen LogP) is 3.25. The molecule has 2 N–H and O–H groups in total. The van der Waals surface area contributed by atoms with Gasteiger partial charge in [-0.2, -0.15) is 10.2 Å². The Morgan fingerprint density at radius 2 is 1.85 bits per heavy atom. The molecule has 0 atom stereocenters. The number of fused-ring (bicyclic) bond motifs is 1. The van der Waals surface area contributed by atoms with Gasteiger partial charge in [-0.15, -0.1) is 0 Å². The molecule has 1 saturated carbocycles. The molecule has 2 aliphatic rings. The Balaban J connectivity index is 1.24. The molecule has 5 rings (SSSR count). The van der Waals surface area contributed by atoms with Crippen LogP contribution in [0.2, 0.25) is 0 Å². The van der Waals surface area contributed by atoms with E-state index in [1.807, 2.05) is 46.0 Å². The number of rotatable bonds is 4. The summed E-state index contributed by atoms with van der Waals surface area (Å²) in [5.74, 6) is 1.58. The van der Waals surface area contributed by atoms with Gasteiger partial charge in [0.25, 0.3) is 0 Å². The number of anilines is 1. The van der Waals surface area contributed by atoms with Gasteiger partial charge < -0.3 is 15.3 Å². The van der Waals surface area contributed by atoms with Gasteiger partial charge in [0.15, 0.2) is 0 Å². The standard InChI is InChI=1S/C25H28N6O2/c26-15-18-16-31(22-4-2-1-3-21(18)22)23-9-12-27-25(29-23)28-19-7-5-17(6-8-19)24(33)30-13-10-20(32)11-14-30/h1-4,9,12,16-17,19-20,32H,5-8,10-11,13-14H2,(H,27,28,29). The summed E-state index contributed by atoms with van der Waals surface area (Å²) in [6.45, 7) is 1.33. The number of carbonyl (C=O) groups is 1. The van der Waals surface area contributed by atoms with Crippen molar-refractivity contribution in [3.63, 3.8) is 0 Å². The third-order valence-corrected chi connectivity index (χ3v) is 6.91. The number of amides is 1. The number of para-hydroxylation sites is 1. The number of nitriles is 1. The van der Waals surface area contributed by atoms with Crippen molar-refractivity contribution < 1.29 is 9.90 Å². The van der Waals surface area contributed by atoms with Crippen molar-refractivity contribution in [2.24, 2.45) is 5.92 Å². The van der Waals surface area contributed by atoms with Gasteiger partial charge in [-0.25, -0.2) is 4.98 Å². The second-order valence-corrected chi connectivity index (χ2v) is 9.03. The van der Waals surface area contributed by atoms with Crippen LogP contribution in [-0.2, 0) is 4.79 Å². The van der Waals surface area contributed by atoms with Crippen LogP contribution in [0.15, 0.2) is 42.7 Å². The molecular formula is C25H28N6O2. The number of nitrogens with one attached hydrogen (secondary N) is 1. The molecule has 0 spiro atoms. The number of aliphatic hydroxyl groups is 1. The van der Waals surface area contributed by atoms with Crippen molar-refractivity contribution in [3.8, 4) is 11.9 Å². The van der Waals surface area contributed by atoms with Crippen LogP contribution in [0.5, 0.6) is 0 Å². The zero-order valence-corrected chi connectivity index (χ0v) is 18.5. The van der Waals surface area contributed by atoms with Crippen LogP contribution in [0.3, 0.4) is 0 Å². The number of carbonyl (C=O) groups excluding carboxylic acids is 1. The first-order chi connectivity index (χ1) is 16.1. The van der Waals surface area contributed by atoms with E-state index in [1.54, 1.807) is 6.20 Å². The summed E-state index contributed by atoms with van der Waals surface area (Å²) >= 11 is 0. The topological polar surface area (TPSA) is 107 Å². The third-order valence-electron chi connectivity index (χ3n) is 6.91. The van der Waals surface area contributed by atoms with Crippen LogP contribution in [0, 0.1) is 17.2 Å². The monoisotopic (exact) mass is 444 g/mol. The van der Waals surface area contributed by atoms with E-state index in [2.05, 4.69) is 16.4 Å². The number of aromatic nitrogens is 3. The maximum absolute atomic E-state index is 12.8. The van der Waals surface area contributed by atoms with Crippen LogP contribution in [-0.4, -0.2) is 55.7 Å². The number of aliphatic hydroxyl groups excluding tert-OH is 1. The number of benzene rings is 1. The second-order valence-electron chi connectivity index (χ2n) is 9.03. The first kappa shape index (κ1) is 21.4. The van der Waals surface area contributed by atoms with E-state index in [1.165, 1.54) is 0 Å². The van der Waals surface area contributed by atoms with Crippen molar-refractivity contribution in [1.82, 2.24) is 19.4 Å². The highest BCUT2D eigenvalue weighted by molar-refractivity contribution is 5.87. The minimum Gasteiger partial charge on any atom is -0.393 e. The molecule has 1 aliphatic heterocycles. The zero-order chi connectivity index (χ0) is 22.8.